The zero-order chi connectivity index (χ0) is 13.1. The Morgan fingerprint density at radius 1 is 1.06 bits per heavy atom. The molecule has 1 saturated carbocycles. The molecule has 0 spiro atoms. The first-order valence-electron chi connectivity index (χ1n) is 7.63. The maximum atomic E-state index is 12.5. The van der Waals surface area contributed by atoms with Crippen LogP contribution in [0.25, 0.3) is 0 Å². The monoisotopic (exact) mass is 252 g/mol. The number of hydrogen-bond acceptors (Lipinski definition) is 2. The summed E-state index contributed by atoms with van der Waals surface area (Å²) in [7, 11) is 0. The average Bonchev–Trinajstić information content (AvgIpc) is 2.41. The van der Waals surface area contributed by atoms with E-state index in [1.54, 1.807) is 0 Å². The molecule has 0 bridgehead atoms. The van der Waals surface area contributed by atoms with Crippen molar-refractivity contribution in [2.24, 2.45) is 17.8 Å². The lowest BCUT2D eigenvalue weighted by molar-refractivity contribution is -0.139. The van der Waals surface area contributed by atoms with Gasteiger partial charge in [-0.05, 0) is 37.6 Å². The summed E-state index contributed by atoms with van der Waals surface area (Å²) >= 11 is 0. The first-order valence-corrected chi connectivity index (χ1v) is 7.63. The van der Waals surface area contributed by atoms with Gasteiger partial charge in [-0.25, -0.2) is 0 Å². The molecule has 1 aliphatic carbocycles. The van der Waals surface area contributed by atoms with Gasteiger partial charge in [-0.1, -0.05) is 20.8 Å². The van der Waals surface area contributed by atoms with Crippen LogP contribution in [0.15, 0.2) is 0 Å². The van der Waals surface area contributed by atoms with Crippen LogP contribution in [-0.4, -0.2) is 48.4 Å². The summed E-state index contributed by atoms with van der Waals surface area (Å²) in [5, 5.41) is 0. The molecule has 104 valence electrons. The van der Waals surface area contributed by atoms with Gasteiger partial charge in [0.05, 0.1) is 0 Å². The van der Waals surface area contributed by atoms with Gasteiger partial charge in [0.1, 0.15) is 0 Å². The fourth-order valence-corrected chi connectivity index (χ4v) is 3.31. The number of amides is 1. The Labute approximate surface area is 112 Å². The third-order valence-corrected chi connectivity index (χ3v) is 5.08. The summed E-state index contributed by atoms with van der Waals surface area (Å²) in [6, 6.07) is 0. The summed E-state index contributed by atoms with van der Waals surface area (Å²) in [4.78, 5) is 17.0. The van der Waals surface area contributed by atoms with E-state index in [0.29, 0.717) is 17.7 Å². The molecule has 1 amide bonds. The van der Waals surface area contributed by atoms with Crippen molar-refractivity contribution in [2.75, 3.05) is 32.7 Å². The molecule has 3 nitrogen and oxygen atoms in total. The van der Waals surface area contributed by atoms with E-state index in [-0.39, 0.29) is 0 Å². The minimum Gasteiger partial charge on any atom is -0.340 e. The van der Waals surface area contributed by atoms with Crippen LogP contribution in [0.3, 0.4) is 0 Å². The van der Waals surface area contributed by atoms with Crippen molar-refractivity contribution in [2.45, 2.75) is 40.0 Å². The topological polar surface area (TPSA) is 23.6 Å². The smallest absolute Gasteiger partial charge is 0.225 e. The van der Waals surface area contributed by atoms with E-state index in [4.69, 9.17) is 0 Å². The van der Waals surface area contributed by atoms with Crippen LogP contribution in [0.2, 0.25) is 0 Å². The van der Waals surface area contributed by atoms with Crippen LogP contribution >= 0.6 is 0 Å². The van der Waals surface area contributed by atoms with Crippen molar-refractivity contribution in [3.63, 3.8) is 0 Å². The third kappa shape index (κ3) is 3.05. The van der Waals surface area contributed by atoms with Crippen LogP contribution in [-0.2, 0) is 4.79 Å². The predicted octanol–water partition coefficient (Wildman–Crippen LogP) is 2.22. The zero-order valence-corrected chi connectivity index (χ0v) is 12.2. The summed E-state index contributed by atoms with van der Waals surface area (Å²) in [5.41, 5.74) is 0. The standard InChI is InChI=1S/C15H28N2O/c1-4-16-7-9-17(10-8-16)15(18)14-6-5-12(2)13(3)11-14/h12-14H,4-11H2,1-3H3. The van der Waals surface area contributed by atoms with Gasteiger partial charge in [0.15, 0.2) is 0 Å². The Hall–Kier alpha value is -0.570. The van der Waals surface area contributed by atoms with E-state index in [9.17, 15) is 4.79 Å². The summed E-state index contributed by atoms with van der Waals surface area (Å²) in [5.74, 6) is 2.25. The van der Waals surface area contributed by atoms with Crippen molar-refractivity contribution in [3.05, 3.63) is 0 Å². The Morgan fingerprint density at radius 3 is 2.28 bits per heavy atom. The van der Waals surface area contributed by atoms with E-state index in [0.717, 1.165) is 51.5 Å². The fourth-order valence-electron chi connectivity index (χ4n) is 3.31. The van der Waals surface area contributed by atoms with Gasteiger partial charge in [-0.3, -0.25) is 4.79 Å². The van der Waals surface area contributed by atoms with E-state index < -0.39 is 0 Å². The maximum Gasteiger partial charge on any atom is 0.225 e. The second kappa shape index (κ2) is 6.05. The van der Waals surface area contributed by atoms with Gasteiger partial charge in [-0.2, -0.15) is 0 Å². The molecular formula is C15H28N2O. The summed E-state index contributed by atoms with van der Waals surface area (Å²) in [6.07, 6.45) is 3.44. The number of hydrogen-bond donors (Lipinski definition) is 0. The minimum absolute atomic E-state index is 0.310. The number of likely N-dealkylation sites (N-methyl/N-ethyl adjacent to an activating group) is 1. The zero-order valence-electron chi connectivity index (χ0n) is 12.2. The second-order valence-corrected chi connectivity index (χ2v) is 6.22. The number of piperazine rings is 1. The lowest BCUT2D eigenvalue weighted by Gasteiger charge is -2.38. The van der Waals surface area contributed by atoms with E-state index in [1.165, 1.54) is 6.42 Å². The van der Waals surface area contributed by atoms with Gasteiger partial charge in [0.2, 0.25) is 5.91 Å². The molecule has 3 unspecified atom stereocenters. The van der Waals surface area contributed by atoms with Gasteiger partial charge >= 0.3 is 0 Å². The SMILES string of the molecule is CCN1CCN(C(=O)C2CCC(C)C(C)C2)CC1. The first-order chi connectivity index (χ1) is 8.61. The highest BCUT2D eigenvalue weighted by Crippen LogP contribution is 2.34. The fraction of sp³-hybridized carbons (Fsp3) is 0.933. The molecule has 18 heavy (non-hydrogen) atoms. The Bertz CT molecular complexity index is 284. The number of carbonyl (C=O) groups is 1. The lowest BCUT2D eigenvalue weighted by Crippen LogP contribution is -2.50. The highest BCUT2D eigenvalue weighted by atomic mass is 16.2. The Balaban J connectivity index is 1.84. The number of rotatable bonds is 2. The van der Waals surface area contributed by atoms with Gasteiger partial charge in [-0.15, -0.1) is 0 Å². The molecule has 3 heteroatoms. The predicted molar refractivity (Wildman–Crippen MR) is 74.4 cm³/mol. The molecule has 1 saturated heterocycles. The highest BCUT2D eigenvalue weighted by Gasteiger charge is 2.32. The van der Waals surface area contributed by atoms with Crippen LogP contribution in [0.5, 0.6) is 0 Å². The lowest BCUT2D eigenvalue weighted by atomic mass is 9.75. The normalized spacial score (nSPS) is 34.6. The molecule has 0 aromatic rings. The van der Waals surface area contributed by atoms with E-state index >= 15 is 0 Å². The average molecular weight is 252 g/mol. The number of carbonyl (C=O) groups excluding carboxylic acids is 1. The molecular weight excluding hydrogens is 224 g/mol. The molecule has 2 rings (SSSR count). The van der Waals surface area contributed by atoms with Crippen LogP contribution < -0.4 is 0 Å². The minimum atomic E-state index is 0.310. The van der Waals surface area contributed by atoms with Gasteiger partial charge < -0.3 is 9.80 Å². The van der Waals surface area contributed by atoms with Gasteiger partial charge in [0, 0.05) is 32.1 Å². The molecule has 0 radical (unpaired) electrons. The third-order valence-electron chi connectivity index (χ3n) is 5.08. The van der Waals surface area contributed by atoms with Crippen LogP contribution in [0.4, 0.5) is 0 Å². The number of nitrogens with zero attached hydrogens (tertiary/aromatic N) is 2. The van der Waals surface area contributed by atoms with Crippen molar-refractivity contribution in [1.29, 1.82) is 0 Å². The Kier molecular flexibility index (Phi) is 4.66. The quantitative estimate of drug-likeness (QED) is 0.752. The molecule has 0 N–H and O–H groups in total. The van der Waals surface area contributed by atoms with E-state index in [1.807, 2.05) is 0 Å². The molecule has 1 aliphatic heterocycles. The van der Waals surface area contributed by atoms with Crippen molar-refractivity contribution >= 4 is 5.91 Å². The molecule has 1 heterocycles. The van der Waals surface area contributed by atoms with Crippen molar-refractivity contribution < 1.29 is 4.79 Å². The van der Waals surface area contributed by atoms with Crippen molar-refractivity contribution in [3.8, 4) is 0 Å². The van der Waals surface area contributed by atoms with E-state index in [2.05, 4.69) is 30.6 Å². The molecule has 2 aliphatic rings. The van der Waals surface area contributed by atoms with Crippen LogP contribution in [0.1, 0.15) is 40.0 Å². The van der Waals surface area contributed by atoms with Gasteiger partial charge in [0.25, 0.3) is 0 Å². The molecule has 0 aromatic heterocycles. The summed E-state index contributed by atoms with van der Waals surface area (Å²) < 4.78 is 0. The second-order valence-electron chi connectivity index (χ2n) is 6.22. The summed E-state index contributed by atoms with van der Waals surface area (Å²) in [6.45, 7) is 11.9. The first kappa shape index (κ1) is 13.9. The highest BCUT2D eigenvalue weighted by molar-refractivity contribution is 5.79. The van der Waals surface area contributed by atoms with Crippen molar-refractivity contribution in [1.82, 2.24) is 9.80 Å². The Morgan fingerprint density at radius 2 is 1.72 bits per heavy atom. The largest absolute Gasteiger partial charge is 0.340 e. The molecule has 3 atom stereocenters. The maximum absolute atomic E-state index is 12.5. The molecule has 2 fully saturated rings. The molecule has 0 aromatic carbocycles. The van der Waals surface area contributed by atoms with Crippen LogP contribution in [0, 0.1) is 17.8 Å².